The van der Waals surface area contributed by atoms with Crippen LogP contribution in [0.4, 0.5) is 0 Å². The first-order chi connectivity index (χ1) is 11.6. The fraction of sp³-hybridized carbons (Fsp3) is 0.474. The minimum Gasteiger partial charge on any atom is -0.330 e. The number of fused-ring (bicyclic) bond motifs is 1. The Hall–Kier alpha value is -2.14. The zero-order valence-electron chi connectivity index (χ0n) is 14.7. The Kier molecular flexibility index (Phi) is 3.88. The van der Waals surface area contributed by atoms with Gasteiger partial charge in [-0.2, -0.15) is 5.10 Å². The van der Waals surface area contributed by atoms with Gasteiger partial charge in [0.05, 0.1) is 29.8 Å². The lowest BCUT2D eigenvalue weighted by molar-refractivity contribution is 0.211. The molecule has 0 radical (unpaired) electrons. The van der Waals surface area contributed by atoms with Gasteiger partial charge in [0.25, 0.3) is 0 Å². The third-order valence-electron chi connectivity index (χ3n) is 5.21. The molecule has 0 spiro atoms. The van der Waals surface area contributed by atoms with E-state index in [9.17, 15) is 0 Å². The maximum atomic E-state index is 4.84. The molecule has 1 fully saturated rings. The van der Waals surface area contributed by atoms with Gasteiger partial charge in [-0.1, -0.05) is 12.1 Å². The molecule has 1 unspecified atom stereocenters. The first-order valence-electron chi connectivity index (χ1n) is 8.77. The predicted octanol–water partition coefficient (Wildman–Crippen LogP) is 3.05. The first kappa shape index (κ1) is 15.4. The molecule has 0 saturated carbocycles. The smallest absolute Gasteiger partial charge is 0.123 e. The van der Waals surface area contributed by atoms with E-state index in [1.807, 2.05) is 0 Å². The zero-order chi connectivity index (χ0) is 16.7. The largest absolute Gasteiger partial charge is 0.330 e. The van der Waals surface area contributed by atoms with E-state index in [2.05, 4.69) is 70.5 Å². The summed E-state index contributed by atoms with van der Waals surface area (Å²) in [5.41, 5.74) is 4.65. The predicted molar refractivity (Wildman–Crippen MR) is 95.8 cm³/mol. The molecule has 1 aliphatic heterocycles. The maximum absolute atomic E-state index is 4.84. The quantitative estimate of drug-likeness (QED) is 0.741. The second-order valence-electron chi connectivity index (χ2n) is 6.95. The van der Waals surface area contributed by atoms with Gasteiger partial charge in [-0.05, 0) is 51.4 Å². The number of imidazole rings is 1. The van der Waals surface area contributed by atoms with E-state index in [4.69, 9.17) is 4.98 Å². The number of benzene rings is 1. The second kappa shape index (κ2) is 6.06. The van der Waals surface area contributed by atoms with Crippen LogP contribution in [0.25, 0.3) is 11.0 Å². The monoisotopic (exact) mass is 323 g/mol. The number of aryl methyl sites for hydroxylation is 3. The summed E-state index contributed by atoms with van der Waals surface area (Å²) < 4.78 is 4.39. The number of hydrogen-bond acceptors (Lipinski definition) is 3. The van der Waals surface area contributed by atoms with Crippen LogP contribution in [0.3, 0.4) is 0 Å². The summed E-state index contributed by atoms with van der Waals surface area (Å²) in [5, 5.41) is 4.64. The number of nitrogens with zero attached hydrogens (tertiary/aromatic N) is 5. The van der Waals surface area contributed by atoms with Crippen molar-refractivity contribution in [2.75, 3.05) is 6.54 Å². The average Bonchev–Trinajstić information content (AvgIpc) is 3.21. The molecular weight excluding hydrogens is 298 g/mol. The van der Waals surface area contributed by atoms with Crippen LogP contribution in [0, 0.1) is 13.8 Å². The van der Waals surface area contributed by atoms with Gasteiger partial charge in [-0.25, -0.2) is 4.98 Å². The molecule has 126 valence electrons. The molecule has 1 aromatic carbocycles. The fourth-order valence-electron chi connectivity index (χ4n) is 3.89. The van der Waals surface area contributed by atoms with Crippen LogP contribution in [-0.4, -0.2) is 36.8 Å². The van der Waals surface area contributed by atoms with Crippen LogP contribution in [0.2, 0.25) is 0 Å². The molecular formula is C19H25N5. The van der Waals surface area contributed by atoms with Crippen molar-refractivity contribution < 1.29 is 0 Å². The van der Waals surface area contributed by atoms with Gasteiger partial charge < -0.3 is 4.57 Å². The van der Waals surface area contributed by atoms with E-state index in [-0.39, 0.29) is 0 Å². The Bertz CT molecular complexity index is 860. The van der Waals surface area contributed by atoms with Gasteiger partial charge in [0.1, 0.15) is 5.82 Å². The Morgan fingerprint density at radius 3 is 2.79 bits per heavy atom. The molecule has 2 aromatic heterocycles. The molecule has 0 bridgehead atoms. The summed E-state index contributed by atoms with van der Waals surface area (Å²) in [4.78, 5) is 7.40. The Labute approximate surface area is 142 Å². The van der Waals surface area contributed by atoms with Gasteiger partial charge in [0.15, 0.2) is 0 Å². The highest BCUT2D eigenvalue weighted by molar-refractivity contribution is 5.75. The standard InChI is InChI=1S/C19H25N5/c1-14-11-15(2)24(21-14)12-16-7-6-10-23(16)13-19-20-17-8-4-5-9-18(17)22(19)3/h4-5,8-9,11,16H,6-7,10,12-13H2,1-3H3. The van der Waals surface area contributed by atoms with Crippen LogP contribution in [0.1, 0.15) is 30.1 Å². The topological polar surface area (TPSA) is 38.9 Å². The molecule has 1 atom stereocenters. The maximum Gasteiger partial charge on any atom is 0.123 e. The zero-order valence-corrected chi connectivity index (χ0v) is 14.7. The van der Waals surface area contributed by atoms with Crippen molar-refractivity contribution >= 4 is 11.0 Å². The molecule has 3 heterocycles. The number of para-hydroxylation sites is 2. The third kappa shape index (κ3) is 2.73. The van der Waals surface area contributed by atoms with E-state index in [1.54, 1.807) is 0 Å². The minimum absolute atomic E-state index is 0.544. The number of likely N-dealkylation sites (tertiary alicyclic amines) is 1. The summed E-state index contributed by atoms with van der Waals surface area (Å²) in [5.74, 6) is 1.15. The summed E-state index contributed by atoms with van der Waals surface area (Å²) in [6.07, 6.45) is 2.50. The van der Waals surface area contributed by atoms with Crippen LogP contribution < -0.4 is 0 Å². The number of hydrogen-bond donors (Lipinski definition) is 0. The molecule has 5 heteroatoms. The van der Waals surface area contributed by atoms with Gasteiger partial charge in [-0.3, -0.25) is 9.58 Å². The van der Waals surface area contributed by atoms with Gasteiger partial charge in [0, 0.05) is 18.8 Å². The lowest BCUT2D eigenvalue weighted by Crippen LogP contribution is -2.34. The molecule has 5 nitrogen and oxygen atoms in total. The Morgan fingerprint density at radius 2 is 2.04 bits per heavy atom. The summed E-state index contributed by atoms with van der Waals surface area (Å²) in [7, 11) is 2.12. The Morgan fingerprint density at radius 1 is 1.21 bits per heavy atom. The number of rotatable bonds is 4. The molecule has 0 amide bonds. The van der Waals surface area contributed by atoms with E-state index >= 15 is 0 Å². The second-order valence-corrected chi connectivity index (χ2v) is 6.95. The van der Waals surface area contributed by atoms with Crippen LogP contribution in [0.5, 0.6) is 0 Å². The molecule has 0 aliphatic carbocycles. The van der Waals surface area contributed by atoms with Crippen molar-refractivity contribution in [3.8, 4) is 0 Å². The highest BCUT2D eigenvalue weighted by Gasteiger charge is 2.27. The lowest BCUT2D eigenvalue weighted by atomic mass is 10.2. The number of aromatic nitrogens is 4. The summed E-state index contributed by atoms with van der Waals surface area (Å²) in [6, 6.07) is 11.1. The normalized spacial score (nSPS) is 18.7. The van der Waals surface area contributed by atoms with Crippen molar-refractivity contribution in [2.24, 2.45) is 7.05 Å². The molecule has 1 aliphatic rings. The summed E-state index contributed by atoms with van der Waals surface area (Å²) in [6.45, 7) is 7.24. The molecule has 1 saturated heterocycles. The third-order valence-corrected chi connectivity index (χ3v) is 5.21. The van der Waals surface area contributed by atoms with Crippen LogP contribution >= 0.6 is 0 Å². The van der Waals surface area contributed by atoms with Gasteiger partial charge >= 0.3 is 0 Å². The van der Waals surface area contributed by atoms with Crippen LogP contribution in [-0.2, 0) is 20.1 Å². The van der Waals surface area contributed by atoms with Crippen molar-refractivity contribution in [3.05, 3.63) is 47.5 Å². The van der Waals surface area contributed by atoms with E-state index in [0.29, 0.717) is 6.04 Å². The van der Waals surface area contributed by atoms with Crippen LogP contribution in [0.15, 0.2) is 30.3 Å². The fourth-order valence-corrected chi connectivity index (χ4v) is 3.89. The highest BCUT2D eigenvalue weighted by Crippen LogP contribution is 2.23. The van der Waals surface area contributed by atoms with Gasteiger partial charge in [0.2, 0.25) is 0 Å². The van der Waals surface area contributed by atoms with Gasteiger partial charge in [-0.15, -0.1) is 0 Å². The van der Waals surface area contributed by atoms with E-state index < -0.39 is 0 Å². The first-order valence-corrected chi connectivity index (χ1v) is 8.77. The van der Waals surface area contributed by atoms with Crippen molar-refractivity contribution in [3.63, 3.8) is 0 Å². The molecule has 0 N–H and O–H groups in total. The highest BCUT2D eigenvalue weighted by atomic mass is 15.3. The van der Waals surface area contributed by atoms with E-state index in [1.165, 1.54) is 24.1 Å². The molecule has 3 aromatic rings. The average molecular weight is 323 g/mol. The minimum atomic E-state index is 0.544. The summed E-state index contributed by atoms with van der Waals surface area (Å²) >= 11 is 0. The molecule has 24 heavy (non-hydrogen) atoms. The van der Waals surface area contributed by atoms with Crippen molar-refractivity contribution in [1.82, 2.24) is 24.2 Å². The SMILES string of the molecule is Cc1cc(C)n(CC2CCCN2Cc2nc3ccccc3n2C)n1. The van der Waals surface area contributed by atoms with Crippen molar-refractivity contribution in [1.29, 1.82) is 0 Å². The van der Waals surface area contributed by atoms with Crippen molar-refractivity contribution in [2.45, 2.75) is 45.8 Å². The van der Waals surface area contributed by atoms with E-state index in [0.717, 1.165) is 36.7 Å². The Balaban J connectivity index is 1.54. The lowest BCUT2D eigenvalue weighted by Gasteiger charge is -2.24. The molecule has 4 rings (SSSR count).